The summed E-state index contributed by atoms with van der Waals surface area (Å²) in [6.45, 7) is 1.89. The van der Waals surface area contributed by atoms with Gasteiger partial charge in [-0.05, 0) is 37.3 Å². The van der Waals surface area contributed by atoms with Crippen LogP contribution < -0.4 is 9.47 Å². The number of aliphatic hydroxyl groups excluding tert-OH is 1. The molecule has 0 radical (unpaired) electrons. The van der Waals surface area contributed by atoms with Gasteiger partial charge in [-0.15, -0.1) is 0 Å². The average molecular weight is 427 g/mol. The number of aliphatic imine (C=N–C) groups is 1. The van der Waals surface area contributed by atoms with Crippen molar-refractivity contribution in [1.82, 2.24) is 0 Å². The van der Waals surface area contributed by atoms with Crippen LogP contribution in [0.3, 0.4) is 0 Å². The molecule has 7 nitrogen and oxygen atoms in total. The van der Waals surface area contributed by atoms with Crippen LogP contribution in [0.2, 0.25) is 0 Å². The highest BCUT2D eigenvalue weighted by Crippen LogP contribution is 2.41. The lowest BCUT2D eigenvalue weighted by Gasteiger charge is -2.08. The summed E-state index contributed by atoms with van der Waals surface area (Å²) in [5, 5.41) is 21.1. The number of aromatic hydroxyl groups is 1. The number of rotatable bonds is 5. The minimum absolute atomic E-state index is 0.0457. The fourth-order valence-corrected chi connectivity index (χ4v) is 3.86. The molecular formula is C22H21NO6S. The summed E-state index contributed by atoms with van der Waals surface area (Å²) in [5.74, 6) is 0.118. The van der Waals surface area contributed by atoms with Crippen molar-refractivity contribution in [3.8, 4) is 17.2 Å². The lowest BCUT2D eigenvalue weighted by Crippen LogP contribution is -2.10. The van der Waals surface area contributed by atoms with E-state index in [0.29, 0.717) is 27.7 Å². The number of esters is 1. The Balaban J connectivity index is 2.07. The number of thioether (sulfide) groups is 1. The third-order valence-corrected chi connectivity index (χ3v) is 5.37. The number of carbonyl (C=O) groups is 1. The van der Waals surface area contributed by atoms with Crippen molar-refractivity contribution >= 4 is 34.5 Å². The summed E-state index contributed by atoms with van der Waals surface area (Å²) in [6.07, 6.45) is 1.60. The Bertz CT molecular complexity index is 1090. The highest BCUT2D eigenvalue weighted by atomic mass is 32.2. The minimum atomic E-state index is -0.712. The molecule has 0 bridgehead atoms. The molecule has 1 heterocycles. The Morgan fingerprint density at radius 3 is 2.43 bits per heavy atom. The Morgan fingerprint density at radius 1 is 1.03 bits per heavy atom. The molecule has 1 aliphatic rings. The maximum absolute atomic E-state index is 12.3. The first kappa shape index (κ1) is 21.3. The first-order valence-electron chi connectivity index (χ1n) is 8.90. The predicted octanol–water partition coefficient (Wildman–Crippen LogP) is 4.52. The van der Waals surface area contributed by atoms with Crippen molar-refractivity contribution in [2.24, 2.45) is 4.99 Å². The van der Waals surface area contributed by atoms with E-state index >= 15 is 0 Å². The third-order valence-electron chi connectivity index (χ3n) is 4.35. The Hall–Kier alpha value is -3.39. The van der Waals surface area contributed by atoms with E-state index in [1.54, 1.807) is 42.5 Å². The molecule has 30 heavy (non-hydrogen) atoms. The predicted molar refractivity (Wildman–Crippen MR) is 117 cm³/mol. The van der Waals surface area contributed by atoms with E-state index in [-0.39, 0.29) is 22.1 Å². The van der Waals surface area contributed by atoms with Crippen molar-refractivity contribution in [2.75, 3.05) is 21.3 Å². The summed E-state index contributed by atoms with van der Waals surface area (Å²) in [5.41, 5.74) is 1.92. The maximum atomic E-state index is 12.3. The van der Waals surface area contributed by atoms with Gasteiger partial charge in [0, 0.05) is 11.6 Å². The molecular weight excluding hydrogens is 406 g/mol. The van der Waals surface area contributed by atoms with Crippen molar-refractivity contribution in [1.29, 1.82) is 0 Å². The third kappa shape index (κ3) is 4.28. The quantitative estimate of drug-likeness (QED) is 0.677. The fourth-order valence-electron chi connectivity index (χ4n) is 2.83. The van der Waals surface area contributed by atoms with E-state index in [0.717, 1.165) is 17.3 Å². The Labute approximate surface area is 178 Å². The normalized spacial score (nSPS) is 16.3. The number of aryl methyl sites for hydroxylation is 1. The molecule has 0 saturated carbocycles. The van der Waals surface area contributed by atoms with Gasteiger partial charge in [-0.25, -0.2) is 9.79 Å². The molecule has 0 aromatic heterocycles. The van der Waals surface area contributed by atoms with Gasteiger partial charge in [-0.3, -0.25) is 0 Å². The molecule has 0 amide bonds. The van der Waals surface area contributed by atoms with Gasteiger partial charge >= 0.3 is 5.97 Å². The zero-order chi connectivity index (χ0) is 21.8. The van der Waals surface area contributed by atoms with E-state index in [4.69, 9.17) is 14.2 Å². The van der Waals surface area contributed by atoms with Crippen LogP contribution in [0.1, 0.15) is 11.1 Å². The van der Waals surface area contributed by atoms with Crippen molar-refractivity contribution in [3.63, 3.8) is 0 Å². The van der Waals surface area contributed by atoms with Gasteiger partial charge in [-0.2, -0.15) is 0 Å². The number of aliphatic hydroxyl groups is 1. The lowest BCUT2D eigenvalue weighted by molar-refractivity contribution is -0.135. The number of hydrogen-bond acceptors (Lipinski definition) is 8. The number of methoxy groups -OCH3 is 3. The number of carbonyl (C=O) groups excluding carboxylic acids is 1. The number of phenolic OH excluding ortho intramolecular Hbond substituents is 1. The number of ether oxygens (including phenoxy) is 3. The van der Waals surface area contributed by atoms with Crippen molar-refractivity contribution in [3.05, 3.63) is 63.8 Å². The number of benzene rings is 2. The molecule has 0 fully saturated rings. The van der Waals surface area contributed by atoms with Gasteiger partial charge in [0.05, 0.1) is 31.9 Å². The van der Waals surface area contributed by atoms with Gasteiger partial charge in [0.1, 0.15) is 22.1 Å². The molecule has 2 N–H and O–H groups in total. The first-order chi connectivity index (χ1) is 14.4. The smallest absolute Gasteiger partial charge is 0.344 e. The topological polar surface area (TPSA) is 97.6 Å². The van der Waals surface area contributed by atoms with Crippen LogP contribution in [0.15, 0.2) is 57.6 Å². The highest BCUT2D eigenvalue weighted by Gasteiger charge is 2.33. The molecule has 0 atom stereocenters. The first-order valence-corrected chi connectivity index (χ1v) is 9.71. The fraction of sp³-hybridized carbons (Fsp3) is 0.182. The molecule has 0 spiro atoms. The van der Waals surface area contributed by atoms with Crippen LogP contribution in [0, 0.1) is 6.92 Å². The Kier molecular flexibility index (Phi) is 6.37. The van der Waals surface area contributed by atoms with Gasteiger partial charge in [0.25, 0.3) is 0 Å². The van der Waals surface area contributed by atoms with Crippen LogP contribution in [-0.4, -0.2) is 42.6 Å². The van der Waals surface area contributed by atoms with Gasteiger partial charge in [0.15, 0.2) is 11.5 Å². The van der Waals surface area contributed by atoms with Crippen molar-refractivity contribution in [2.45, 2.75) is 6.92 Å². The molecule has 156 valence electrons. The zero-order valence-electron chi connectivity index (χ0n) is 16.9. The second-order valence-electron chi connectivity index (χ2n) is 6.34. The molecule has 2 aromatic carbocycles. The largest absolute Gasteiger partial charge is 0.507 e. The summed E-state index contributed by atoms with van der Waals surface area (Å²) < 4.78 is 15.3. The van der Waals surface area contributed by atoms with Gasteiger partial charge < -0.3 is 24.4 Å². The lowest BCUT2D eigenvalue weighted by atomic mass is 10.1. The molecule has 0 aliphatic carbocycles. The van der Waals surface area contributed by atoms with Gasteiger partial charge in [-0.1, -0.05) is 23.4 Å². The molecule has 0 unspecified atom stereocenters. The number of phenols is 1. The van der Waals surface area contributed by atoms with E-state index in [1.165, 1.54) is 21.3 Å². The van der Waals surface area contributed by atoms with E-state index < -0.39 is 5.97 Å². The van der Waals surface area contributed by atoms with Crippen LogP contribution in [0.25, 0.3) is 6.08 Å². The molecule has 1 aliphatic heterocycles. The number of nitrogens with zero attached hydrogens (tertiary/aromatic N) is 1. The summed E-state index contributed by atoms with van der Waals surface area (Å²) in [4.78, 5) is 17.2. The standard InChI is InChI=1S/C22H21NO6S/c1-12-5-7-15(24)13(9-12)10-18-20(25)19(22(26)29-4)21(30-18)23-14-6-8-16(27-2)17(11-14)28-3/h5-11,24-25H,1-4H3/b18-10+,23-21?. The highest BCUT2D eigenvalue weighted by molar-refractivity contribution is 8.18. The SMILES string of the molecule is COC(=O)C1=C(O)/C(=C\c2cc(C)ccc2O)SC1=Nc1ccc(OC)c(OC)c1. The second-order valence-corrected chi connectivity index (χ2v) is 7.38. The number of hydrogen-bond donors (Lipinski definition) is 2. The molecule has 3 rings (SSSR count). The van der Waals surface area contributed by atoms with E-state index in [9.17, 15) is 15.0 Å². The summed E-state index contributed by atoms with van der Waals surface area (Å²) >= 11 is 1.10. The van der Waals surface area contributed by atoms with Gasteiger partial charge in [0.2, 0.25) is 0 Å². The van der Waals surface area contributed by atoms with Crippen LogP contribution in [-0.2, 0) is 9.53 Å². The maximum Gasteiger partial charge on any atom is 0.344 e. The van der Waals surface area contributed by atoms with Crippen molar-refractivity contribution < 1.29 is 29.2 Å². The van der Waals surface area contributed by atoms with Crippen LogP contribution in [0.4, 0.5) is 5.69 Å². The second kappa shape index (κ2) is 8.96. The zero-order valence-corrected chi connectivity index (χ0v) is 17.7. The van der Waals surface area contributed by atoms with Crippen LogP contribution >= 0.6 is 11.8 Å². The summed E-state index contributed by atoms with van der Waals surface area (Å²) in [7, 11) is 4.28. The monoisotopic (exact) mass is 427 g/mol. The average Bonchev–Trinajstić information content (AvgIpc) is 3.04. The molecule has 0 saturated heterocycles. The Morgan fingerprint density at radius 2 is 1.77 bits per heavy atom. The minimum Gasteiger partial charge on any atom is -0.507 e. The molecule has 8 heteroatoms. The van der Waals surface area contributed by atoms with E-state index in [2.05, 4.69) is 4.99 Å². The molecule has 2 aromatic rings. The summed E-state index contributed by atoms with van der Waals surface area (Å²) in [6, 6.07) is 10.2. The van der Waals surface area contributed by atoms with E-state index in [1.807, 2.05) is 6.92 Å². The van der Waals surface area contributed by atoms with Crippen LogP contribution in [0.5, 0.6) is 17.2 Å².